The second-order valence-electron chi connectivity index (χ2n) is 7.96. The molecule has 1 amide bonds. The Morgan fingerprint density at radius 1 is 0.886 bits per heavy atom. The van der Waals surface area contributed by atoms with Crippen molar-refractivity contribution in [1.82, 2.24) is 20.3 Å². The summed E-state index contributed by atoms with van der Waals surface area (Å²) in [5.41, 5.74) is 3.83. The topological polar surface area (TPSA) is 79.8 Å². The number of hydrogen-bond acceptors (Lipinski definition) is 5. The van der Waals surface area contributed by atoms with Crippen molar-refractivity contribution in [3.05, 3.63) is 113 Å². The van der Waals surface area contributed by atoms with Gasteiger partial charge in [-0.3, -0.25) is 9.78 Å². The lowest BCUT2D eigenvalue weighted by atomic mass is 10.1. The number of carbonyl (C=O) groups excluding carboxylic acids is 1. The lowest BCUT2D eigenvalue weighted by Gasteiger charge is -2.14. The van der Waals surface area contributed by atoms with Gasteiger partial charge >= 0.3 is 0 Å². The van der Waals surface area contributed by atoms with Gasteiger partial charge in [-0.25, -0.2) is 9.97 Å². The van der Waals surface area contributed by atoms with Crippen LogP contribution in [0.15, 0.2) is 97.3 Å². The maximum absolute atomic E-state index is 13.0. The largest absolute Gasteiger partial charge is 0.352 e. The summed E-state index contributed by atoms with van der Waals surface area (Å²) in [6, 6.07) is 26.6. The molecule has 0 radical (unpaired) electrons. The van der Waals surface area contributed by atoms with E-state index in [0.29, 0.717) is 40.0 Å². The van der Waals surface area contributed by atoms with E-state index in [0.717, 1.165) is 17.4 Å². The van der Waals surface area contributed by atoms with Gasteiger partial charge in [0.1, 0.15) is 5.82 Å². The molecule has 2 N–H and O–H groups in total. The van der Waals surface area contributed by atoms with Crippen molar-refractivity contribution in [2.75, 3.05) is 11.9 Å². The van der Waals surface area contributed by atoms with E-state index in [2.05, 4.69) is 20.6 Å². The summed E-state index contributed by atoms with van der Waals surface area (Å²) in [7, 11) is 0. The molecule has 2 aromatic heterocycles. The van der Waals surface area contributed by atoms with Crippen LogP contribution in [0.4, 0.5) is 11.5 Å². The highest BCUT2D eigenvalue weighted by Gasteiger charge is 2.15. The minimum atomic E-state index is -0.155. The van der Waals surface area contributed by atoms with E-state index in [1.807, 2.05) is 66.7 Å². The molecule has 0 aliphatic heterocycles. The van der Waals surface area contributed by atoms with Gasteiger partial charge in [0.05, 0.1) is 16.8 Å². The van der Waals surface area contributed by atoms with Crippen LogP contribution in [0.2, 0.25) is 5.02 Å². The summed E-state index contributed by atoms with van der Waals surface area (Å²) in [6.07, 6.45) is 4.17. The fraction of sp³-hybridized carbons (Fsp3) is 0.0714. The van der Waals surface area contributed by atoms with Gasteiger partial charge in [-0.1, -0.05) is 54.1 Å². The highest BCUT2D eigenvalue weighted by molar-refractivity contribution is 6.31. The number of aromatic nitrogens is 3. The second-order valence-corrected chi connectivity index (χ2v) is 8.40. The maximum Gasteiger partial charge on any atom is 0.253 e. The molecule has 2 heterocycles. The van der Waals surface area contributed by atoms with Crippen molar-refractivity contribution in [2.45, 2.75) is 6.42 Å². The molecule has 172 valence electrons. The summed E-state index contributed by atoms with van der Waals surface area (Å²) in [6.45, 7) is 0.539. The van der Waals surface area contributed by atoms with Gasteiger partial charge in [0.25, 0.3) is 5.91 Å². The maximum atomic E-state index is 13.0. The van der Waals surface area contributed by atoms with Crippen LogP contribution in [0.25, 0.3) is 22.3 Å². The molecule has 0 saturated heterocycles. The van der Waals surface area contributed by atoms with E-state index in [9.17, 15) is 4.79 Å². The van der Waals surface area contributed by atoms with E-state index in [4.69, 9.17) is 16.6 Å². The Labute approximate surface area is 208 Å². The number of anilines is 2. The minimum absolute atomic E-state index is 0.155. The highest BCUT2D eigenvalue weighted by atomic mass is 35.5. The fourth-order valence-electron chi connectivity index (χ4n) is 3.80. The third-order valence-corrected chi connectivity index (χ3v) is 5.78. The molecule has 0 spiro atoms. The number of halogens is 1. The van der Waals surface area contributed by atoms with Gasteiger partial charge in [-0.2, -0.15) is 0 Å². The van der Waals surface area contributed by atoms with Gasteiger partial charge in [-0.05, 0) is 54.4 Å². The Bertz CT molecular complexity index is 1480. The number of para-hydroxylation sites is 1. The van der Waals surface area contributed by atoms with Gasteiger partial charge in [-0.15, -0.1) is 0 Å². The van der Waals surface area contributed by atoms with Crippen LogP contribution in [-0.2, 0) is 6.42 Å². The first-order valence-electron chi connectivity index (χ1n) is 11.2. The third kappa shape index (κ3) is 5.28. The second kappa shape index (κ2) is 10.3. The zero-order valence-corrected chi connectivity index (χ0v) is 19.5. The zero-order chi connectivity index (χ0) is 24.0. The molecule has 0 aliphatic rings. The first-order chi connectivity index (χ1) is 17.2. The van der Waals surface area contributed by atoms with Crippen molar-refractivity contribution in [3.8, 4) is 11.4 Å². The molecule has 0 fully saturated rings. The smallest absolute Gasteiger partial charge is 0.253 e. The number of nitrogens with zero attached hydrogens (tertiary/aromatic N) is 3. The van der Waals surface area contributed by atoms with E-state index < -0.39 is 0 Å². The quantitative estimate of drug-likeness (QED) is 0.296. The predicted molar refractivity (Wildman–Crippen MR) is 140 cm³/mol. The summed E-state index contributed by atoms with van der Waals surface area (Å²) < 4.78 is 0. The van der Waals surface area contributed by atoms with Gasteiger partial charge in [0, 0.05) is 34.9 Å². The Morgan fingerprint density at radius 3 is 2.54 bits per heavy atom. The van der Waals surface area contributed by atoms with Gasteiger partial charge < -0.3 is 10.6 Å². The SMILES string of the molecule is O=C(NCCc1ccccc1)c1ccccc1Nc1nc(-c2cccnc2)nc2cc(Cl)ccc12. The van der Waals surface area contributed by atoms with Gasteiger partial charge in [0.2, 0.25) is 0 Å². The van der Waals surface area contributed by atoms with Crippen LogP contribution in [0.5, 0.6) is 0 Å². The number of carbonyl (C=O) groups is 1. The molecular formula is C28H22ClN5O. The molecule has 3 aromatic carbocycles. The van der Waals surface area contributed by atoms with E-state index in [1.54, 1.807) is 30.6 Å². The number of benzene rings is 3. The van der Waals surface area contributed by atoms with E-state index >= 15 is 0 Å². The Hall–Kier alpha value is -4.29. The van der Waals surface area contributed by atoms with Crippen LogP contribution in [0.3, 0.4) is 0 Å². The number of amides is 1. The lowest BCUT2D eigenvalue weighted by molar-refractivity contribution is 0.0955. The average Bonchev–Trinajstić information content (AvgIpc) is 2.89. The van der Waals surface area contributed by atoms with Gasteiger partial charge in [0.15, 0.2) is 5.82 Å². The summed E-state index contributed by atoms with van der Waals surface area (Å²) in [4.78, 5) is 26.7. The molecule has 0 aliphatic carbocycles. The molecule has 0 atom stereocenters. The molecule has 0 saturated carbocycles. The van der Waals surface area contributed by atoms with E-state index in [1.165, 1.54) is 5.56 Å². The summed E-state index contributed by atoms with van der Waals surface area (Å²) in [5, 5.41) is 7.75. The van der Waals surface area contributed by atoms with E-state index in [-0.39, 0.29) is 5.91 Å². The number of fused-ring (bicyclic) bond motifs is 1. The number of pyridine rings is 1. The first kappa shape index (κ1) is 22.5. The fourth-order valence-corrected chi connectivity index (χ4v) is 3.97. The Morgan fingerprint density at radius 2 is 1.71 bits per heavy atom. The summed E-state index contributed by atoms with van der Waals surface area (Å²) in [5.74, 6) is 0.938. The van der Waals surface area contributed by atoms with Crippen molar-refractivity contribution in [3.63, 3.8) is 0 Å². The third-order valence-electron chi connectivity index (χ3n) is 5.55. The zero-order valence-electron chi connectivity index (χ0n) is 18.8. The molecular weight excluding hydrogens is 458 g/mol. The van der Waals surface area contributed by atoms with Crippen molar-refractivity contribution < 1.29 is 4.79 Å². The van der Waals surface area contributed by atoms with Crippen molar-refractivity contribution >= 4 is 39.9 Å². The molecule has 0 unspecified atom stereocenters. The van der Waals surface area contributed by atoms with Crippen LogP contribution in [0.1, 0.15) is 15.9 Å². The highest BCUT2D eigenvalue weighted by Crippen LogP contribution is 2.30. The molecule has 35 heavy (non-hydrogen) atoms. The molecule has 0 bridgehead atoms. The molecule has 6 nitrogen and oxygen atoms in total. The summed E-state index contributed by atoms with van der Waals surface area (Å²) >= 11 is 6.24. The average molecular weight is 480 g/mol. The first-order valence-corrected chi connectivity index (χ1v) is 11.6. The number of rotatable bonds is 7. The van der Waals surface area contributed by atoms with Crippen LogP contribution >= 0.6 is 11.6 Å². The van der Waals surface area contributed by atoms with Crippen molar-refractivity contribution in [1.29, 1.82) is 0 Å². The monoisotopic (exact) mass is 479 g/mol. The molecule has 5 aromatic rings. The van der Waals surface area contributed by atoms with Crippen molar-refractivity contribution in [2.24, 2.45) is 0 Å². The lowest BCUT2D eigenvalue weighted by Crippen LogP contribution is -2.26. The molecule has 7 heteroatoms. The van der Waals surface area contributed by atoms with Crippen LogP contribution in [-0.4, -0.2) is 27.4 Å². The molecule has 5 rings (SSSR count). The van der Waals surface area contributed by atoms with Crippen LogP contribution in [0, 0.1) is 0 Å². The number of nitrogens with one attached hydrogen (secondary N) is 2. The Balaban J connectivity index is 1.44. The van der Waals surface area contributed by atoms with Crippen LogP contribution < -0.4 is 10.6 Å². The Kier molecular flexibility index (Phi) is 6.63. The standard InChI is InChI=1S/C28H22ClN5O/c29-21-12-13-22-25(17-21)33-26(20-9-6-15-30-18-20)34-27(22)32-24-11-5-4-10-23(24)28(35)31-16-14-19-7-2-1-3-8-19/h1-13,15,17-18H,14,16H2,(H,31,35)(H,32,33,34). The predicted octanol–water partition coefficient (Wildman–Crippen LogP) is 6.06. The number of hydrogen-bond donors (Lipinski definition) is 2. The minimum Gasteiger partial charge on any atom is -0.352 e. The normalized spacial score (nSPS) is 10.8.